The van der Waals surface area contributed by atoms with Crippen LogP contribution in [0, 0.1) is 13.8 Å². The molecule has 1 heterocycles. The average Bonchev–Trinajstić information content (AvgIpc) is 2.45. The molecule has 0 aliphatic carbocycles. The molecule has 0 radical (unpaired) electrons. The van der Waals surface area contributed by atoms with Crippen molar-refractivity contribution in [3.63, 3.8) is 0 Å². The lowest BCUT2D eigenvalue weighted by Gasteiger charge is -2.12. The third kappa shape index (κ3) is 2.86. The number of nitrogens with one attached hydrogen (secondary N) is 1. The van der Waals surface area contributed by atoms with Crippen molar-refractivity contribution < 1.29 is 4.42 Å². The van der Waals surface area contributed by atoms with E-state index in [2.05, 4.69) is 18.3 Å². The van der Waals surface area contributed by atoms with Crippen LogP contribution >= 0.6 is 0 Å². The van der Waals surface area contributed by atoms with Gasteiger partial charge in [-0.3, -0.25) is 0 Å². The normalized spacial score (nSPS) is 13.1. The highest BCUT2D eigenvalue weighted by Gasteiger charge is 2.11. The fraction of sp³-hybridized carbons (Fsp3) is 0.636. The van der Waals surface area contributed by atoms with Gasteiger partial charge in [0.15, 0.2) is 0 Å². The van der Waals surface area contributed by atoms with Crippen LogP contribution in [0.15, 0.2) is 10.5 Å². The highest BCUT2D eigenvalue weighted by Crippen LogP contribution is 2.20. The zero-order chi connectivity index (χ0) is 10.6. The maximum Gasteiger partial charge on any atom is 0.105 e. The molecule has 3 N–H and O–H groups in total. The van der Waals surface area contributed by atoms with E-state index >= 15 is 0 Å². The number of hydrogen-bond acceptors (Lipinski definition) is 3. The van der Waals surface area contributed by atoms with Gasteiger partial charge in [-0.25, -0.2) is 0 Å². The summed E-state index contributed by atoms with van der Waals surface area (Å²) in [5, 5.41) is 3.41. The molecule has 1 atom stereocenters. The predicted molar refractivity (Wildman–Crippen MR) is 58.3 cm³/mol. The first-order valence-electron chi connectivity index (χ1n) is 5.15. The fourth-order valence-electron chi connectivity index (χ4n) is 1.61. The number of nitrogens with two attached hydrogens (primary N) is 1. The molecule has 14 heavy (non-hydrogen) atoms. The minimum Gasteiger partial charge on any atom is -0.466 e. The Morgan fingerprint density at radius 1 is 1.50 bits per heavy atom. The van der Waals surface area contributed by atoms with Crippen molar-refractivity contribution in [1.82, 2.24) is 5.32 Å². The van der Waals surface area contributed by atoms with Crippen LogP contribution in [0.4, 0.5) is 0 Å². The molecule has 3 nitrogen and oxygen atoms in total. The molecule has 1 unspecified atom stereocenters. The second kappa shape index (κ2) is 5.17. The number of rotatable bonds is 5. The minimum absolute atomic E-state index is 0.346. The van der Waals surface area contributed by atoms with Gasteiger partial charge in [0, 0.05) is 11.6 Å². The standard InChI is InChI=1S/C11H20N2O/c1-8-7-11(10(3)14-8)9(2)13-6-4-5-12/h7,9,13H,4-6,12H2,1-3H3. The second-order valence-electron chi connectivity index (χ2n) is 3.69. The topological polar surface area (TPSA) is 51.2 Å². The summed E-state index contributed by atoms with van der Waals surface area (Å²) < 4.78 is 5.48. The lowest BCUT2D eigenvalue weighted by molar-refractivity contribution is 0.489. The lowest BCUT2D eigenvalue weighted by Crippen LogP contribution is -2.22. The summed E-state index contributed by atoms with van der Waals surface area (Å²) in [6.45, 7) is 7.82. The summed E-state index contributed by atoms with van der Waals surface area (Å²) in [4.78, 5) is 0. The van der Waals surface area contributed by atoms with E-state index in [-0.39, 0.29) is 0 Å². The van der Waals surface area contributed by atoms with Gasteiger partial charge in [0.2, 0.25) is 0 Å². The molecule has 0 aliphatic rings. The molecule has 0 saturated carbocycles. The van der Waals surface area contributed by atoms with Crippen molar-refractivity contribution in [2.45, 2.75) is 33.2 Å². The Hall–Kier alpha value is -0.800. The molecule has 1 rings (SSSR count). The van der Waals surface area contributed by atoms with Crippen molar-refractivity contribution in [2.75, 3.05) is 13.1 Å². The molecule has 0 fully saturated rings. The summed E-state index contributed by atoms with van der Waals surface area (Å²) in [7, 11) is 0. The maximum atomic E-state index is 5.48. The smallest absolute Gasteiger partial charge is 0.105 e. The van der Waals surface area contributed by atoms with Gasteiger partial charge in [0.1, 0.15) is 11.5 Å². The van der Waals surface area contributed by atoms with Crippen molar-refractivity contribution in [3.8, 4) is 0 Å². The Morgan fingerprint density at radius 3 is 2.71 bits per heavy atom. The van der Waals surface area contributed by atoms with Crippen LogP contribution in [0.3, 0.4) is 0 Å². The van der Waals surface area contributed by atoms with Crippen LogP contribution in [0.1, 0.15) is 36.5 Å². The summed E-state index contributed by atoms with van der Waals surface area (Å²) in [6, 6.07) is 2.44. The minimum atomic E-state index is 0.346. The van der Waals surface area contributed by atoms with E-state index in [4.69, 9.17) is 10.2 Å². The highest BCUT2D eigenvalue weighted by molar-refractivity contribution is 5.23. The zero-order valence-corrected chi connectivity index (χ0v) is 9.26. The Kier molecular flexibility index (Phi) is 4.17. The Labute approximate surface area is 85.7 Å². The largest absolute Gasteiger partial charge is 0.466 e. The average molecular weight is 196 g/mol. The van der Waals surface area contributed by atoms with E-state index in [9.17, 15) is 0 Å². The lowest BCUT2D eigenvalue weighted by atomic mass is 10.1. The quantitative estimate of drug-likeness (QED) is 0.707. The van der Waals surface area contributed by atoms with Gasteiger partial charge < -0.3 is 15.5 Å². The second-order valence-corrected chi connectivity index (χ2v) is 3.69. The maximum absolute atomic E-state index is 5.48. The van der Waals surface area contributed by atoms with Gasteiger partial charge in [-0.2, -0.15) is 0 Å². The molecule has 1 aromatic heterocycles. The van der Waals surface area contributed by atoms with Crippen LogP contribution in [0.2, 0.25) is 0 Å². The summed E-state index contributed by atoms with van der Waals surface area (Å²) >= 11 is 0. The van der Waals surface area contributed by atoms with Gasteiger partial charge in [0.05, 0.1) is 0 Å². The summed E-state index contributed by atoms with van der Waals surface area (Å²) in [6.07, 6.45) is 1.01. The van der Waals surface area contributed by atoms with E-state index in [0.717, 1.165) is 31.0 Å². The third-order valence-electron chi connectivity index (χ3n) is 2.38. The van der Waals surface area contributed by atoms with Crippen molar-refractivity contribution >= 4 is 0 Å². The van der Waals surface area contributed by atoms with Crippen LogP contribution in [-0.4, -0.2) is 13.1 Å². The molecular formula is C11H20N2O. The van der Waals surface area contributed by atoms with Crippen LogP contribution in [0.25, 0.3) is 0 Å². The molecule has 80 valence electrons. The van der Waals surface area contributed by atoms with E-state index in [0.29, 0.717) is 6.04 Å². The molecule has 0 bridgehead atoms. The SMILES string of the molecule is Cc1cc(C(C)NCCCN)c(C)o1. The first kappa shape index (κ1) is 11.3. The first-order chi connectivity index (χ1) is 6.65. The zero-order valence-electron chi connectivity index (χ0n) is 9.26. The number of hydrogen-bond donors (Lipinski definition) is 2. The van der Waals surface area contributed by atoms with Crippen molar-refractivity contribution in [2.24, 2.45) is 5.73 Å². The fourth-order valence-corrected chi connectivity index (χ4v) is 1.61. The molecule has 1 aromatic rings. The molecule has 0 saturated heterocycles. The molecule has 3 heteroatoms. The van der Waals surface area contributed by atoms with E-state index < -0.39 is 0 Å². The van der Waals surface area contributed by atoms with Crippen LogP contribution in [-0.2, 0) is 0 Å². The molecular weight excluding hydrogens is 176 g/mol. The van der Waals surface area contributed by atoms with Crippen LogP contribution in [0.5, 0.6) is 0 Å². The van der Waals surface area contributed by atoms with Gasteiger partial charge in [-0.1, -0.05) is 0 Å². The highest BCUT2D eigenvalue weighted by atomic mass is 16.3. The van der Waals surface area contributed by atoms with E-state index in [1.54, 1.807) is 0 Å². The first-order valence-corrected chi connectivity index (χ1v) is 5.15. The van der Waals surface area contributed by atoms with Gasteiger partial charge in [0.25, 0.3) is 0 Å². The molecule has 0 aromatic carbocycles. The van der Waals surface area contributed by atoms with Gasteiger partial charge in [-0.05, 0) is 46.3 Å². The predicted octanol–water partition coefficient (Wildman–Crippen LogP) is 1.90. The molecule has 0 aliphatic heterocycles. The molecule has 0 spiro atoms. The van der Waals surface area contributed by atoms with Gasteiger partial charge >= 0.3 is 0 Å². The van der Waals surface area contributed by atoms with E-state index in [1.807, 2.05) is 13.8 Å². The Balaban J connectivity index is 2.51. The summed E-state index contributed by atoms with van der Waals surface area (Å²) in [5.74, 6) is 1.99. The third-order valence-corrected chi connectivity index (χ3v) is 2.38. The number of furan rings is 1. The van der Waals surface area contributed by atoms with Crippen molar-refractivity contribution in [3.05, 3.63) is 23.2 Å². The Morgan fingerprint density at radius 2 is 2.21 bits per heavy atom. The number of aryl methyl sites for hydroxylation is 2. The van der Waals surface area contributed by atoms with Gasteiger partial charge in [-0.15, -0.1) is 0 Å². The Bertz CT molecular complexity index is 281. The van der Waals surface area contributed by atoms with E-state index in [1.165, 1.54) is 5.56 Å². The molecule has 0 amide bonds. The van der Waals surface area contributed by atoms with Crippen molar-refractivity contribution in [1.29, 1.82) is 0 Å². The monoisotopic (exact) mass is 196 g/mol. The van der Waals surface area contributed by atoms with Crippen LogP contribution < -0.4 is 11.1 Å². The summed E-state index contributed by atoms with van der Waals surface area (Å²) in [5.41, 5.74) is 6.68.